The molecule has 4 nitrogen and oxygen atoms in total. The number of aromatic nitrogens is 1. The fraction of sp³-hybridized carbons (Fsp3) is 0.238. The molecule has 0 radical (unpaired) electrons. The maximum absolute atomic E-state index is 12.0. The highest BCUT2D eigenvalue weighted by Gasteiger charge is 2.07. The number of nitrogens with one attached hydrogen (secondary N) is 1. The monoisotopic (exact) mass is 366 g/mol. The lowest BCUT2D eigenvalue weighted by molar-refractivity contribution is -0.121. The molecule has 1 amide bonds. The maximum Gasteiger partial charge on any atom is 0.220 e. The molecule has 0 aliphatic heterocycles. The summed E-state index contributed by atoms with van der Waals surface area (Å²) >= 11 is 1.60. The van der Waals surface area contributed by atoms with Crippen molar-refractivity contribution in [1.29, 1.82) is 0 Å². The molecule has 0 saturated heterocycles. The van der Waals surface area contributed by atoms with Crippen molar-refractivity contribution >= 4 is 17.2 Å². The van der Waals surface area contributed by atoms with Gasteiger partial charge in [0.25, 0.3) is 0 Å². The summed E-state index contributed by atoms with van der Waals surface area (Å²) in [5.41, 5.74) is 3.25. The van der Waals surface area contributed by atoms with Crippen LogP contribution in [-0.4, -0.2) is 24.5 Å². The molecule has 0 aliphatic rings. The van der Waals surface area contributed by atoms with Gasteiger partial charge in [-0.25, -0.2) is 4.98 Å². The van der Waals surface area contributed by atoms with E-state index < -0.39 is 0 Å². The summed E-state index contributed by atoms with van der Waals surface area (Å²) < 4.78 is 5.17. The van der Waals surface area contributed by atoms with E-state index in [4.69, 9.17) is 4.74 Å². The van der Waals surface area contributed by atoms with Crippen molar-refractivity contribution in [2.24, 2.45) is 0 Å². The number of aryl methyl sites for hydroxylation is 1. The Labute approximate surface area is 157 Å². The summed E-state index contributed by atoms with van der Waals surface area (Å²) in [6.45, 7) is 0.664. The molecule has 0 fully saturated rings. The molecule has 0 spiro atoms. The number of hydrogen-bond acceptors (Lipinski definition) is 4. The van der Waals surface area contributed by atoms with Gasteiger partial charge in [-0.3, -0.25) is 4.79 Å². The number of carbonyl (C=O) groups is 1. The van der Waals surface area contributed by atoms with E-state index in [-0.39, 0.29) is 5.91 Å². The van der Waals surface area contributed by atoms with E-state index in [2.05, 4.69) is 22.4 Å². The first-order chi connectivity index (χ1) is 12.7. The Kier molecular flexibility index (Phi) is 6.39. The first kappa shape index (κ1) is 18.1. The fourth-order valence-electron chi connectivity index (χ4n) is 2.61. The molecule has 0 aliphatic carbocycles. The molecule has 3 aromatic rings. The molecule has 0 unspecified atom stereocenters. The summed E-state index contributed by atoms with van der Waals surface area (Å²) in [4.78, 5) is 16.6. The Morgan fingerprint density at radius 2 is 1.85 bits per heavy atom. The van der Waals surface area contributed by atoms with Crippen LogP contribution >= 0.6 is 11.3 Å². The van der Waals surface area contributed by atoms with Crippen LogP contribution in [0.2, 0.25) is 0 Å². The lowest BCUT2D eigenvalue weighted by Gasteiger charge is -2.04. The molecule has 0 bridgehead atoms. The lowest BCUT2D eigenvalue weighted by atomic mass is 10.1. The third-order valence-electron chi connectivity index (χ3n) is 4.08. The minimum atomic E-state index is 0.0694. The van der Waals surface area contributed by atoms with Gasteiger partial charge in [0.2, 0.25) is 5.91 Å². The predicted molar refractivity (Wildman–Crippen MR) is 106 cm³/mol. The minimum Gasteiger partial charge on any atom is -0.497 e. The van der Waals surface area contributed by atoms with Gasteiger partial charge in [-0.1, -0.05) is 30.3 Å². The number of ether oxygens (including phenoxy) is 1. The van der Waals surface area contributed by atoms with Gasteiger partial charge in [0, 0.05) is 23.9 Å². The van der Waals surface area contributed by atoms with E-state index in [1.165, 1.54) is 5.56 Å². The van der Waals surface area contributed by atoms with Crippen LogP contribution in [0.1, 0.15) is 17.7 Å². The molecule has 5 heteroatoms. The summed E-state index contributed by atoms with van der Waals surface area (Å²) in [6, 6.07) is 18.0. The Morgan fingerprint density at radius 1 is 1.08 bits per heavy atom. The second kappa shape index (κ2) is 9.15. The van der Waals surface area contributed by atoms with Gasteiger partial charge in [-0.15, -0.1) is 11.3 Å². The van der Waals surface area contributed by atoms with Gasteiger partial charge in [-0.2, -0.15) is 0 Å². The van der Waals surface area contributed by atoms with E-state index in [0.717, 1.165) is 28.4 Å². The van der Waals surface area contributed by atoms with Gasteiger partial charge in [0.05, 0.1) is 12.8 Å². The van der Waals surface area contributed by atoms with Crippen molar-refractivity contribution in [1.82, 2.24) is 10.3 Å². The van der Waals surface area contributed by atoms with E-state index in [0.29, 0.717) is 19.4 Å². The summed E-state index contributed by atoms with van der Waals surface area (Å²) in [6.07, 6.45) is 1.97. The summed E-state index contributed by atoms with van der Waals surface area (Å²) in [7, 11) is 1.65. The van der Waals surface area contributed by atoms with Crippen LogP contribution in [0, 0.1) is 0 Å². The third kappa shape index (κ3) is 5.17. The normalized spacial score (nSPS) is 10.5. The molecule has 2 aromatic carbocycles. The lowest BCUT2D eigenvalue weighted by Crippen LogP contribution is -2.25. The van der Waals surface area contributed by atoms with Crippen LogP contribution in [0.15, 0.2) is 60.0 Å². The molecule has 1 N–H and O–H groups in total. The highest BCUT2D eigenvalue weighted by Crippen LogP contribution is 2.26. The van der Waals surface area contributed by atoms with E-state index in [1.807, 2.05) is 47.8 Å². The van der Waals surface area contributed by atoms with Crippen molar-refractivity contribution in [3.8, 4) is 16.3 Å². The average Bonchev–Trinajstić information content (AvgIpc) is 3.16. The molecule has 134 valence electrons. The van der Waals surface area contributed by atoms with E-state index >= 15 is 0 Å². The predicted octanol–water partition coefficient (Wildman–Crippen LogP) is 4.11. The zero-order valence-electron chi connectivity index (χ0n) is 14.8. The topological polar surface area (TPSA) is 51.2 Å². The SMILES string of the molecule is COc1ccc(-c2nc(CCC(=O)NCCc3ccccc3)cs2)cc1. The fourth-order valence-corrected chi connectivity index (χ4v) is 3.47. The molecular formula is C21H22N2O2S. The highest BCUT2D eigenvalue weighted by atomic mass is 32.1. The largest absolute Gasteiger partial charge is 0.497 e. The summed E-state index contributed by atoms with van der Waals surface area (Å²) in [5.74, 6) is 0.901. The second-order valence-electron chi connectivity index (χ2n) is 5.96. The number of nitrogens with zero attached hydrogens (tertiary/aromatic N) is 1. The zero-order valence-corrected chi connectivity index (χ0v) is 15.6. The van der Waals surface area contributed by atoms with Crippen LogP contribution in [0.25, 0.3) is 10.6 Å². The Morgan fingerprint density at radius 3 is 2.58 bits per heavy atom. The first-order valence-electron chi connectivity index (χ1n) is 8.64. The molecule has 1 heterocycles. The molecule has 1 aromatic heterocycles. The average molecular weight is 366 g/mol. The van der Waals surface area contributed by atoms with E-state index in [9.17, 15) is 4.79 Å². The minimum absolute atomic E-state index is 0.0694. The third-order valence-corrected chi connectivity index (χ3v) is 5.02. The molecule has 3 rings (SSSR count). The van der Waals surface area contributed by atoms with Gasteiger partial charge < -0.3 is 10.1 Å². The maximum atomic E-state index is 12.0. The van der Waals surface area contributed by atoms with Crippen LogP contribution in [0.3, 0.4) is 0 Å². The van der Waals surface area contributed by atoms with Crippen LogP contribution in [-0.2, 0) is 17.6 Å². The Bertz CT molecular complexity index is 829. The Hall–Kier alpha value is -2.66. The Balaban J connectivity index is 1.44. The molecule has 26 heavy (non-hydrogen) atoms. The van der Waals surface area contributed by atoms with Gasteiger partial charge in [0.1, 0.15) is 10.8 Å². The summed E-state index contributed by atoms with van der Waals surface area (Å²) in [5, 5.41) is 5.96. The smallest absolute Gasteiger partial charge is 0.220 e. The number of thiazole rings is 1. The van der Waals surface area contributed by atoms with Crippen molar-refractivity contribution in [2.45, 2.75) is 19.3 Å². The van der Waals surface area contributed by atoms with Crippen LogP contribution in [0.4, 0.5) is 0 Å². The number of hydrogen-bond donors (Lipinski definition) is 1. The van der Waals surface area contributed by atoms with Crippen molar-refractivity contribution < 1.29 is 9.53 Å². The van der Waals surface area contributed by atoms with Crippen LogP contribution in [0.5, 0.6) is 5.75 Å². The molecular weight excluding hydrogens is 344 g/mol. The molecule has 0 saturated carbocycles. The number of benzene rings is 2. The van der Waals surface area contributed by atoms with Gasteiger partial charge >= 0.3 is 0 Å². The van der Waals surface area contributed by atoms with Crippen molar-refractivity contribution in [3.05, 3.63) is 71.2 Å². The van der Waals surface area contributed by atoms with Gasteiger partial charge in [0.15, 0.2) is 0 Å². The quantitative estimate of drug-likeness (QED) is 0.653. The molecule has 0 atom stereocenters. The van der Waals surface area contributed by atoms with E-state index in [1.54, 1.807) is 18.4 Å². The zero-order chi connectivity index (χ0) is 18.2. The van der Waals surface area contributed by atoms with Crippen molar-refractivity contribution in [3.63, 3.8) is 0 Å². The number of rotatable bonds is 8. The van der Waals surface area contributed by atoms with Gasteiger partial charge in [-0.05, 0) is 42.7 Å². The first-order valence-corrected chi connectivity index (χ1v) is 9.52. The van der Waals surface area contributed by atoms with Crippen LogP contribution < -0.4 is 10.1 Å². The second-order valence-corrected chi connectivity index (χ2v) is 6.82. The highest BCUT2D eigenvalue weighted by molar-refractivity contribution is 7.13. The number of amides is 1. The van der Waals surface area contributed by atoms with Crippen molar-refractivity contribution in [2.75, 3.05) is 13.7 Å². The standard InChI is InChI=1S/C21H22N2O2S/c1-25-19-10-7-17(8-11-19)21-23-18(15-26-21)9-12-20(24)22-14-13-16-5-3-2-4-6-16/h2-8,10-11,15H,9,12-14H2,1H3,(H,22,24). The number of methoxy groups -OCH3 is 1. The number of carbonyl (C=O) groups excluding carboxylic acids is 1.